The highest BCUT2D eigenvalue weighted by Crippen LogP contribution is 2.42. The molecule has 1 saturated heterocycles. The SMILES string of the molecule is CCCCCC1C(=O)N2C=C(C)CS[C@@H]12. The van der Waals surface area contributed by atoms with E-state index in [4.69, 9.17) is 0 Å². The molecule has 3 heteroatoms. The van der Waals surface area contributed by atoms with E-state index in [0.717, 1.165) is 12.2 Å². The first kappa shape index (κ1) is 11.1. The quantitative estimate of drug-likeness (QED) is 0.541. The summed E-state index contributed by atoms with van der Waals surface area (Å²) in [6.07, 6.45) is 6.84. The van der Waals surface area contributed by atoms with Crippen LogP contribution in [0.4, 0.5) is 0 Å². The summed E-state index contributed by atoms with van der Waals surface area (Å²) < 4.78 is 0. The normalized spacial score (nSPS) is 29.6. The first-order valence-corrected chi connectivity index (χ1v) is 6.90. The predicted molar refractivity (Wildman–Crippen MR) is 64.5 cm³/mol. The molecular formula is C12H19NOS. The lowest BCUT2D eigenvalue weighted by atomic mass is 9.92. The Morgan fingerprint density at radius 1 is 1.53 bits per heavy atom. The van der Waals surface area contributed by atoms with E-state index in [1.807, 2.05) is 22.9 Å². The van der Waals surface area contributed by atoms with Crippen molar-refractivity contribution in [3.8, 4) is 0 Å². The van der Waals surface area contributed by atoms with E-state index < -0.39 is 0 Å². The molecule has 0 bridgehead atoms. The summed E-state index contributed by atoms with van der Waals surface area (Å²) >= 11 is 1.93. The Kier molecular flexibility index (Phi) is 3.39. The van der Waals surface area contributed by atoms with E-state index in [1.165, 1.54) is 24.8 Å². The monoisotopic (exact) mass is 225 g/mol. The van der Waals surface area contributed by atoms with Crippen LogP contribution in [0.1, 0.15) is 39.5 Å². The Bertz CT molecular complexity index is 287. The van der Waals surface area contributed by atoms with Gasteiger partial charge in [0, 0.05) is 12.0 Å². The molecule has 2 heterocycles. The third-order valence-corrected chi connectivity index (χ3v) is 4.67. The van der Waals surface area contributed by atoms with Gasteiger partial charge in [0.05, 0.1) is 11.3 Å². The van der Waals surface area contributed by atoms with Gasteiger partial charge in [-0.25, -0.2) is 0 Å². The van der Waals surface area contributed by atoms with Crippen molar-refractivity contribution in [1.82, 2.24) is 4.90 Å². The minimum atomic E-state index is 0.311. The third-order valence-electron chi connectivity index (χ3n) is 3.15. The number of carbonyl (C=O) groups is 1. The van der Waals surface area contributed by atoms with Crippen LogP contribution in [0.15, 0.2) is 11.8 Å². The van der Waals surface area contributed by atoms with Crippen LogP contribution in [0.3, 0.4) is 0 Å². The second-order valence-electron chi connectivity index (χ2n) is 4.52. The molecule has 2 aliphatic heterocycles. The van der Waals surface area contributed by atoms with Crippen molar-refractivity contribution in [2.75, 3.05) is 5.75 Å². The summed E-state index contributed by atoms with van der Waals surface area (Å²) in [4.78, 5) is 13.7. The van der Waals surface area contributed by atoms with Crippen LogP contribution in [-0.4, -0.2) is 21.9 Å². The summed E-state index contributed by atoms with van der Waals surface area (Å²) in [5.74, 6) is 1.76. The number of rotatable bonds is 4. The number of hydrogen-bond donors (Lipinski definition) is 0. The maximum Gasteiger partial charge on any atom is 0.233 e. The minimum Gasteiger partial charge on any atom is -0.305 e. The summed E-state index contributed by atoms with van der Waals surface area (Å²) in [6, 6.07) is 0. The zero-order valence-corrected chi connectivity index (χ0v) is 10.3. The first-order valence-electron chi connectivity index (χ1n) is 5.85. The number of amides is 1. The van der Waals surface area contributed by atoms with Gasteiger partial charge < -0.3 is 4.90 Å². The number of unbranched alkanes of at least 4 members (excludes halogenated alkanes) is 2. The summed E-state index contributed by atoms with van der Waals surface area (Å²) in [5, 5.41) is 0.457. The van der Waals surface area contributed by atoms with Crippen LogP contribution >= 0.6 is 11.8 Å². The lowest BCUT2D eigenvalue weighted by Crippen LogP contribution is -2.57. The van der Waals surface area contributed by atoms with Crippen molar-refractivity contribution in [3.63, 3.8) is 0 Å². The molecule has 0 aromatic carbocycles. The Balaban J connectivity index is 1.88. The van der Waals surface area contributed by atoms with Crippen LogP contribution in [0.25, 0.3) is 0 Å². The second-order valence-corrected chi connectivity index (χ2v) is 5.63. The Labute approximate surface area is 96.1 Å². The van der Waals surface area contributed by atoms with Crippen LogP contribution in [0.2, 0.25) is 0 Å². The van der Waals surface area contributed by atoms with Gasteiger partial charge in [-0.15, -0.1) is 11.8 Å². The Hall–Kier alpha value is -0.440. The number of carbonyl (C=O) groups excluding carboxylic acids is 1. The fraction of sp³-hybridized carbons (Fsp3) is 0.750. The number of hydrogen-bond acceptors (Lipinski definition) is 2. The molecule has 1 fully saturated rings. The maximum absolute atomic E-state index is 11.8. The molecule has 2 aliphatic rings. The third kappa shape index (κ3) is 2.07. The van der Waals surface area contributed by atoms with Gasteiger partial charge in [0.2, 0.25) is 5.91 Å². The van der Waals surface area contributed by atoms with E-state index in [0.29, 0.717) is 17.2 Å². The highest BCUT2D eigenvalue weighted by Gasteiger charge is 2.47. The van der Waals surface area contributed by atoms with Crippen molar-refractivity contribution in [1.29, 1.82) is 0 Å². The molecule has 2 rings (SSSR count). The van der Waals surface area contributed by atoms with Gasteiger partial charge in [-0.1, -0.05) is 26.2 Å². The van der Waals surface area contributed by atoms with Gasteiger partial charge in [-0.2, -0.15) is 0 Å². The first-order chi connectivity index (χ1) is 7.24. The minimum absolute atomic E-state index is 0.311. The maximum atomic E-state index is 11.8. The Morgan fingerprint density at radius 2 is 2.33 bits per heavy atom. The molecule has 0 aromatic heterocycles. The molecule has 15 heavy (non-hydrogen) atoms. The molecule has 2 atom stereocenters. The van der Waals surface area contributed by atoms with Crippen LogP contribution in [0.5, 0.6) is 0 Å². The lowest BCUT2D eigenvalue weighted by molar-refractivity contribution is -0.146. The van der Waals surface area contributed by atoms with E-state index in [9.17, 15) is 4.79 Å². The second kappa shape index (κ2) is 4.60. The molecule has 1 unspecified atom stereocenters. The Morgan fingerprint density at radius 3 is 3.07 bits per heavy atom. The number of fused-ring (bicyclic) bond motifs is 1. The van der Waals surface area contributed by atoms with Crippen molar-refractivity contribution in [2.45, 2.75) is 44.9 Å². The van der Waals surface area contributed by atoms with Gasteiger partial charge in [0.25, 0.3) is 0 Å². The number of thioether (sulfide) groups is 1. The van der Waals surface area contributed by atoms with Crippen molar-refractivity contribution >= 4 is 17.7 Å². The van der Waals surface area contributed by atoms with Gasteiger partial charge in [-0.05, 0) is 18.9 Å². The smallest absolute Gasteiger partial charge is 0.233 e. The van der Waals surface area contributed by atoms with E-state index in [-0.39, 0.29) is 0 Å². The predicted octanol–water partition coefficient (Wildman–Crippen LogP) is 3.00. The largest absolute Gasteiger partial charge is 0.305 e. The summed E-state index contributed by atoms with van der Waals surface area (Å²) in [5.41, 5.74) is 1.32. The molecular weight excluding hydrogens is 206 g/mol. The molecule has 1 amide bonds. The van der Waals surface area contributed by atoms with Crippen LogP contribution in [-0.2, 0) is 4.79 Å². The average Bonchev–Trinajstić information content (AvgIpc) is 2.25. The van der Waals surface area contributed by atoms with Gasteiger partial charge in [0.15, 0.2) is 0 Å². The van der Waals surface area contributed by atoms with Crippen molar-refractivity contribution in [2.24, 2.45) is 5.92 Å². The van der Waals surface area contributed by atoms with Gasteiger partial charge in [0.1, 0.15) is 0 Å². The number of nitrogens with zero attached hydrogens (tertiary/aromatic N) is 1. The summed E-state index contributed by atoms with van der Waals surface area (Å²) in [7, 11) is 0. The summed E-state index contributed by atoms with van der Waals surface area (Å²) in [6.45, 7) is 4.30. The highest BCUT2D eigenvalue weighted by atomic mass is 32.2. The standard InChI is InChI=1S/C12H19NOS/c1-3-4-5-6-10-11(14)13-7-9(2)8-15-12(10)13/h7,10,12H,3-6,8H2,1-2H3/t10?,12-/m0/s1. The fourth-order valence-electron chi connectivity index (χ4n) is 2.26. The zero-order chi connectivity index (χ0) is 10.8. The van der Waals surface area contributed by atoms with E-state index in [1.54, 1.807) is 0 Å². The lowest BCUT2D eigenvalue weighted by Gasteiger charge is -2.47. The zero-order valence-electron chi connectivity index (χ0n) is 9.53. The molecule has 84 valence electrons. The molecule has 0 aromatic rings. The highest BCUT2D eigenvalue weighted by molar-refractivity contribution is 8.00. The fourth-order valence-corrected chi connectivity index (χ4v) is 3.57. The molecule has 0 aliphatic carbocycles. The molecule has 2 nitrogen and oxygen atoms in total. The molecule has 0 saturated carbocycles. The van der Waals surface area contributed by atoms with Crippen LogP contribution < -0.4 is 0 Å². The van der Waals surface area contributed by atoms with E-state index >= 15 is 0 Å². The van der Waals surface area contributed by atoms with E-state index in [2.05, 4.69) is 13.8 Å². The van der Waals surface area contributed by atoms with Gasteiger partial charge >= 0.3 is 0 Å². The average molecular weight is 225 g/mol. The van der Waals surface area contributed by atoms with Crippen LogP contribution in [0, 0.1) is 5.92 Å². The van der Waals surface area contributed by atoms with Crippen molar-refractivity contribution < 1.29 is 4.79 Å². The molecule has 0 radical (unpaired) electrons. The topological polar surface area (TPSA) is 20.3 Å². The van der Waals surface area contributed by atoms with Crippen molar-refractivity contribution in [3.05, 3.63) is 11.8 Å². The molecule has 0 N–H and O–H groups in total. The van der Waals surface area contributed by atoms with Gasteiger partial charge in [-0.3, -0.25) is 4.79 Å². The number of β-lactam (4-membered cyclic amide) rings is 1. The molecule has 0 spiro atoms.